The van der Waals surface area contributed by atoms with Gasteiger partial charge in [0, 0.05) is 28.4 Å². The van der Waals surface area contributed by atoms with E-state index >= 15 is 0 Å². The van der Waals surface area contributed by atoms with Crippen molar-refractivity contribution in [2.24, 2.45) is 0 Å². The van der Waals surface area contributed by atoms with Crippen molar-refractivity contribution >= 4 is 46.8 Å². The number of amides is 2. The average molecular weight is 481 g/mol. The van der Waals surface area contributed by atoms with Gasteiger partial charge in [-0.05, 0) is 55.2 Å². The molecule has 0 aliphatic rings. The van der Waals surface area contributed by atoms with Gasteiger partial charge in [0.2, 0.25) is 11.8 Å². The predicted octanol–water partition coefficient (Wildman–Crippen LogP) is 5.95. The molecule has 0 fully saturated rings. The zero-order chi connectivity index (χ0) is 22.8. The van der Waals surface area contributed by atoms with Crippen LogP contribution in [0.15, 0.2) is 48.5 Å². The van der Waals surface area contributed by atoms with Crippen LogP contribution in [0.2, 0.25) is 10.0 Å². The van der Waals surface area contributed by atoms with Crippen LogP contribution in [0.1, 0.15) is 44.7 Å². The molecule has 0 bridgehead atoms. The maximum Gasteiger partial charge on any atom is 0.243 e. The zero-order valence-electron chi connectivity index (χ0n) is 18.2. The Morgan fingerprint density at radius 3 is 2.32 bits per heavy atom. The maximum absolute atomic E-state index is 13.2. The van der Waals surface area contributed by atoms with Crippen LogP contribution in [-0.4, -0.2) is 34.6 Å². The lowest BCUT2D eigenvalue weighted by molar-refractivity contribution is -0.139. The molecule has 0 aliphatic heterocycles. The Hall–Kier alpha value is -1.69. The SMILES string of the molecule is CC[C@H](C)NC(=O)[C@H](CC)N(Cc1ccc(Cl)cc1)C(=O)CSCc1cccc(Cl)c1. The van der Waals surface area contributed by atoms with Crippen molar-refractivity contribution in [3.8, 4) is 0 Å². The number of carbonyl (C=O) groups excluding carboxylic acids is 2. The summed E-state index contributed by atoms with van der Waals surface area (Å²) in [5, 5.41) is 4.34. The molecule has 2 aromatic rings. The lowest BCUT2D eigenvalue weighted by Crippen LogP contribution is -2.51. The summed E-state index contributed by atoms with van der Waals surface area (Å²) in [4.78, 5) is 27.8. The summed E-state index contributed by atoms with van der Waals surface area (Å²) in [6, 6.07) is 14.5. The van der Waals surface area contributed by atoms with Crippen molar-refractivity contribution in [1.82, 2.24) is 10.2 Å². The molecule has 2 aromatic carbocycles. The maximum atomic E-state index is 13.2. The highest BCUT2D eigenvalue weighted by atomic mass is 35.5. The molecule has 7 heteroatoms. The van der Waals surface area contributed by atoms with Gasteiger partial charge in [-0.2, -0.15) is 0 Å². The fraction of sp³-hybridized carbons (Fsp3) is 0.417. The second-order valence-electron chi connectivity index (χ2n) is 7.51. The van der Waals surface area contributed by atoms with E-state index in [-0.39, 0.29) is 23.6 Å². The number of nitrogens with zero attached hydrogens (tertiary/aromatic N) is 1. The first-order valence-electron chi connectivity index (χ1n) is 10.5. The van der Waals surface area contributed by atoms with Crippen molar-refractivity contribution in [1.29, 1.82) is 0 Å². The summed E-state index contributed by atoms with van der Waals surface area (Å²) in [5.74, 6) is 0.789. The lowest BCUT2D eigenvalue weighted by atomic mass is 10.1. The summed E-state index contributed by atoms with van der Waals surface area (Å²) in [7, 11) is 0. The number of hydrogen-bond donors (Lipinski definition) is 1. The van der Waals surface area contributed by atoms with E-state index in [0.717, 1.165) is 17.5 Å². The van der Waals surface area contributed by atoms with Crippen LogP contribution in [0, 0.1) is 0 Å². The standard InChI is InChI=1S/C24H30Cl2N2O2S/c1-4-17(3)27-24(30)22(5-2)28(14-18-9-11-20(25)12-10-18)23(29)16-31-15-19-7-6-8-21(26)13-19/h6-13,17,22H,4-5,14-16H2,1-3H3,(H,27,30)/t17-,22-/m0/s1. The molecule has 0 saturated heterocycles. The number of carbonyl (C=O) groups is 2. The highest BCUT2D eigenvalue weighted by Gasteiger charge is 2.29. The second-order valence-corrected chi connectivity index (χ2v) is 9.37. The van der Waals surface area contributed by atoms with Crippen molar-refractivity contribution in [3.63, 3.8) is 0 Å². The molecule has 0 radical (unpaired) electrons. The molecule has 0 aromatic heterocycles. The van der Waals surface area contributed by atoms with Crippen molar-refractivity contribution < 1.29 is 9.59 Å². The third-order valence-electron chi connectivity index (χ3n) is 5.04. The first-order chi connectivity index (χ1) is 14.8. The van der Waals surface area contributed by atoms with Crippen molar-refractivity contribution in [2.75, 3.05) is 5.75 Å². The van der Waals surface area contributed by atoms with Crippen LogP contribution in [-0.2, 0) is 21.9 Å². The minimum atomic E-state index is -0.524. The Morgan fingerprint density at radius 1 is 1.00 bits per heavy atom. The number of halogens is 2. The number of hydrogen-bond acceptors (Lipinski definition) is 3. The number of nitrogens with one attached hydrogen (secondary N) is 1. The predicted molar refractivity (Wildman–Crippen MR) is 132 cm³/mol. The molecular weight excluding hydrogens is 451 g/mol. The van der Waals surface area contributed by atoms with E-state index in [1.165, 1.54) is 11.8 Å². The van der Waals surface area contributed by atoms with Crippen LogP contribution in [0.3, 0.4) is 0 Å². The van der Waals surface area contributed by atoms with Gasteiger partial charge in [0.1, 0.15) is 6.04 Å². The third kappa shape index (κ3) is 8.40. The first kappa shape index (κ1) is 25.6. The Bertz CT molecular complexity index is 861. The molecule has 0 heterocycles. The van der Waals surface area contributed by atoms with Crippen molar-refractivity contribution in [2.45, 2.75) is 58.0 Å². The van der Waals surface area contributed by atoms with Gasteiger partial charge in [-0.25, -0.2) is 0 Å². The van der Waals surface area contributed by atoms with Crippen LogP contribution in [0.25, 0.3) is 0 Å². The van der Waals surface area contributed by atoms with Gasteiger partial charge in [0.05, 0.1) is 5.75 Å². The fourth-order valence-corrected chi connectivity index (χ4v) is 4.31. The van der Waals surface area contributed by atoms with E-state index in [1.54, 1.807) is 17.0 Å². The lowest BCUT2D eigenvalue weighted by Gasteiger charge is -2.31. The minimum absolute atomic E-state index is 0.0613. The molecule has 2 atom stereocenters. The molecule has 2 amide bonds. The molecule has 168 valence electrons. The largest absolute Gasteiger partial charge is 0.352 e. The van der Waals surface area contributed by atoms with E-state index < -0.39 is 6.04 Å². The number of rotatable bonds is 11. The summed E-state index contributed by atoms with van der Waals surface area (Å²) in [6.45, 7) is 6.29. The molecule has 2 rings (SSSR count). The van der Waals surface area contributed by atoms with E-state index in [0.29, 0.717) is 28.8 Å². The summed E-state index contributed by atoms with van der Waals surface area (Å²) < 4.78 is 0. The molecule has 0 spiro atoms. The molecule has 0 unspecified atom stereocenters. The molecule has 0 saturated carbocycles. The Balaban J connectivity index is 2.13. The van der Waals surface area contributed by atoms with Crippen LogP contribution in [0.5, 0.6) is 0 Å². The molecule has 1 N–H and O–H groups in total. The summed E-state index contributed by atoms with van der Waals surface area (Å²) >= 11 is 13.6. The number of thioether (sulfide) groups is 1. The normalized spacial score (nSPS) is 12.8. The van der Waals surface area contributed by atoms with Gasteiger partial charge in [0.15, 0.2) is 0 Å². The minimum Gasteiger partial charge on any atom is -0.352 e. The third-order valence-corrected chi connectivity index (χ3v) is 6.51. The molecular formula is C24H30Cl2N2O2S. The summed E-state index contributed by atoms with van der Waals surface area (Å²) in [5.41, 5.74) is 2.00. The Labute approximate surface area is 199 Å². The van der Waals surface area contributed by atoms with Crippen LogP contribution in [0.4, 0.5) is 0 Å². The molecule has 0 aliphatic carbocycles. The van der Waals surface area contributed by atoms with Gasteiger partial charge in [-0.15, -0.1) is 11.8 Å². The van der Waals surface area contributed by atoms with Crippen LogP contribution >= 0.6 is 35.0 Å². The van der Waals surface area contributed by atoms with E-state index in [2.05, 4.69) is 5.32 Å². The first-order valence-corrected chi connectivity index (χ1v) is 12.4. The zero-order valence-corrected chi connectivity index (χ0v) is 20.6. The van der Waals surface area contributed by atoms with Gasteiger partial charge in [0.25, 0.3) is 0 Å². The summed E-state index contributed by atoms with van der Waals surface area (Å²) in [6.07, 6.45) is 1.38. The van der Waals surface area contributed by atoms with E-state index in [4.69, 9.17) is 23.2 Å². The number of benzene rings is 2. The van der Waals surface area contributed by atoms with Crippen molar-refractivity contribution in [3.05, 3.63) is 69.7 Å². The Morgan fingerprint density at radius 2 is 1.71 bits per heavy atom. The second kappa shape index (κ2) is 13.0. The quantitative estimate of drug-likeness (QED) is 0.432. The smallest absolute Gasteiger partial charge is 0.243 e. The fourth-order valence-electron chi connectivity index (χ4n) is 3.11. The molecule has 31 heavy (non-hydrogen) atoms. The van der Waals surface area contributed by atoms with Gasteiger partial charge in [-0.3, -0.25) is 9.59 Å². The highest BCUT2D eigenvalue weighted by Crippen LogP contribution is 2.20. The van der Waals surface area contributed by atoms with Gasteiger partial charge in [-0.1, -0.05) is 61.3 Å². The van der Waals surface area contributed by atoms with Crippen LogP contribution < -0.4 is 5.32 Å². The van der Waals surface area contributed by atoms with E-state index in [9.17, 15) is 9.59 Å². The highest BCUT2D eigenvalue weighted by molar-refractivity contribution is 7.99. The van der Waals surface area contributed by atoms with Gasteiger partial charge < -0.3 is 10.2 Å². The Kier molecular flexibility index (Phi) is 10.7. The van der Waals surface area contributed by atoms with E-state index in [1.807, 2.05) is 57.2 Å². The van der Waals surface area contributed by atoms with Gasteiger partial charge >= 0.3 is 0 Å². The topological polar surface area (TPSA) is 49.4 Å². The monoisotopic (exact) mass is 480 g/mol. The molecule has 4 nitrogen and oxygen atoms in total. The average Bonchev–Trinajstić information content (AvgIpc) is 2.74.